The van der Waals surface area contributed by atoms with Gasteiger partial charge in [0.2, 0.25) is 0 Å². The molecule has 2 rings (SSSR count). The van der Waals surface area contributed by atoms with Crippen LogP contribution in [-0.2, 0) is 13.0 Å². The molecule has 0 radical (unpaired) electrons. The molecule has 0 atom stereocenters. The number of aliphatic imine (C=N–C) groups is 1. The molecule has 0 spiro atoms. The van der Waals surface area contributed by atoms with E-state index in [1.807, 2.05) is 18.2 Å². The van der Waals surface area contributed by atoms with E-state index in [1.54, 1.807) is 31.4 Å². The van der Waals surface area contributed by atoms with Crippen LogP contribution in [0.15, 0.2) is 47.6 Å². The predicted octanol–water partition coefficient (Wildman–Crippen LogP) is 2.51. The summed E-state index contributed by atoms with van der Waals surface area (Å²) in [5.74, 6) is 0.733. The molecule has 0 saturated carbocycles. The van der Waals surface area contributed by atoms with Crippen molar-refractivity contribution in [3.63, 3.8) is 0 Å². The smallest absolute Gasteiger partial charge is 0.191 e. The number of hydrogen-bond acceptors (Lipinski definition) is 3. The van der Waals surface area contributed by atoms with Crippen molar-refractivity contribution in [3.8, 4) is 6.07 Å². The van der Waals surface area contributed by atoms with Crippen molar-refractivity contribution >= 4 is 17.6 Å². The van der Waals surface area contributed by atoms with E-state index < -0.39 is 0 Å². The van der Waals surface area contributed by atoms with Crippen molar-refractivity contribution in [2.24, 2.45) is 4.99 Å². The SMILES string of the molecule is CN=C(NCCc1ccc(Cl)nc1)NCc1ccc(C#N)cc1. The molecule has 0 aliphatic carbocycles. The first kappa shape index (κ1) is 16.8. The monoisotopic (exact) mass is 327 g/mol. The van der Waals surface area contributed by atoms with Crippen molar-refractivity contribution < 1.29 is 0 Å². The summed E-state index contributed by atoms with van der Waals surface area (Å²) in [6.07, 6.45) is 2.61. The number of halogens is 1. The maximum absolute atomic E-state index is 8.78. The molecule has 0 amide bonds. The van der Waals surface area contributed by atoms with Gasteiger partial charge in [-0.15, -0.1) is 0 Å². The lowest BCUT2D eigenvalue weighted by atomic mass is 10.1. The summed E-state index contributed by atoms with van der Waals surface area (Å²) in [7, 11) is 1.73. The maximum Gasteiger partial charge on any atom is 0.191 e. The van der Waals surface area contributed by atoms with Crippen molar-refractivity contribution in [3.05, 3.63) is 64.4 Å². The van der Waals surface area contributed by atoms with E-state index in [4.69, 9.17) is 16.9 Å². The Bertz CT molecular complexity index is 686. The van der Waals surface area contributed by atoms with Crippen LogP contribution < -0.4 is 10.6 Å². The van der Waals surface area contributed by atoms with Gasteiger partial charge in [0.25, 0.3) is 0 Å². The second-order valence-electron chi connectivity index (χ2n) is 4.90. The Labute approximate surface area is 141 Å². The van der Waals surface area contributed by atoms with E-state index in [1.165, 1.54) is 0 Å². The number of hydrogen-bond donors (Lipinski definition) is 2. The van der Waals surface area contributed by atoms with Crippen LogP contribution in [0.3, 0.4) is 0 Å². The molecule has 1 aromatic heterocycles. The zero-order valence-corrected chi connectivity index (χ0v) is 13.6. The topological polar surface area (TPSA) is 73.1 Å². The minimum Gasteiger partial charge on any atom is -0.356 e. The van der Waals surface area contributed by atoms with Gasteiger partial charge in [-0.05, 0) is 35.7 Å². The number of nitrogens with one attached hydrogen (secondary N) is 2. The summed E-state index contributed by atoms with van der Waals surface area (Å²) in [6.45, 7) is 1.39. The Morgan fingerprint density at radius 3 is 2.52 bits per heavy atom. The molecule has 118 valence electrons. The van der Waals surface area contributed by atoms with Crippen molar-refractivity contribution in [1.82, 2.24) is 15.6 Å². The highest BCUT2D eigenvalue weighted by molar-refractivity contribution is 6.29. The number of guanidine groups is 1. The fourth-order valence-corrected chi connectivity index (χ4v) is 2.09. The fraction of sp³-hybridized carbons (Fsp3) is 0.235. The Morgan fingerprint density at radius 2 is 1.91 bits per heavy atom. The summed E-state index contributed by atoms with van der Waals surface area (Å²) in [5, 5.41) is 15.8. The van der Waals surface area contributed by atoms with E-state index in [0.29, 0.717) is 17.3 Å². The second-order valence-corrected chi connectivity index (χ2v) is 5.29. The van der Waals surface area contributed by atoms with E-state index in [9.17, 15) is 0 Å². The molecule has 0 unspecified atom stereocenters. The molecule has 0 saturated heterocycles. The zero-order chi connectivity index (χ0) is 16.5. The van der Waals surface area contributed by atoms with Gasteiger partial charge in [-0.2, -0.15) is 5.26 Å². The Balaban J connectivity index is 1.76. The van der Waals surface area contributed by atoms with Crippen molar-refractivity contribution in [1.29, 1.82) is 5.26 Å². The average molecular weight is 328 g/mol. The maximum atomic E-state index is 8.78. The Morgan fingerprint density at radius 1 is 1.17 bits per heavy atom. The molecule has 0 aliphatic rings. The molecular formula is C17H18ClN5. The minimum atomic E-state index is 0.501. The third kappa shape index (κ3) is 5.61. The third-order valence-electron chi connectivity index (χ3n) is 3.26. The molecule has 23 heavy (non-hydrogen) atoms. The number of pyridine rings is 1. The average Bonchev–Trinajstić information content (AvgIpc) is 2.60. The molecule has 5 nitrogen and oxygen atoms in total. The van der Waals surface area contributed by atoms with Gasteiger partial charge in [0.05, 0.1) is 11.6 Å². The Hall–Kier alpha value is -2.58. The molecule has 0 aliphatic heterocycles. The lowest BCUT2D eigenvalue weighted by Gasteiger charge is -2.12. The van der Waals surface area contributed by atoms with E-state index in [0.717, 1.165) is 30.1 Å². The number of aromatic nitrogens is 1. The van der Waals surface area contributed by atoms with Crippen molar-refractivity contribution in [2.45, 2.75) is 13.0 Å². The summed E-state index contributed by atoms with van der Waals surface area (Å²) in [6, 6.07) is 13.3. The van der Waals surface area contributed by atoms with Gasteiger partial charge in [0, 0.05) is 26.3 Å². The molecule has 2 aromatic rings. The molecule has 0 fully saturated rings. The Kier molecular flexibility index (Phi) is 6.40. The first-order valence-electron chi connectivity index (χ1n) is 7.25. The second kappa shape index (κ2) is 8.76. The number of nitrogens with zero attached hydrogens (tertiary/aromatic N) is 3. The van der Waals surface area contributed by atoms with Gasteiger partial charge in [0.1, 0.15) is 5.15 Å². The van der Waals surface area contributed by atoms with Crippen LogP contribution in [0, 0.1) is 11.3 Å². The van der Waals surface area contributed by atoms with Gasteiger partial charge >= 0.3 is 0 Å². The van der Waals surface area contributed by atoms with Gasteiger partial charge in [-0.25, -0.2) is 4.98 Å². The normalized spacial score (nSPS) is 10.9. The van der Waals surface area contributed by atoms with Crippen LogP contribution in [0.5, 0.6) is 0 Å². The number of benzene rings is 1. The predicted molar refractivity (Wildman–Crippen MR) is 92.3 cm³/mol. The molecule has 1 aromatic carbocycles. The van der Waals surface area contributed by atoms with Gasteiger partial charge in [-0.1, -0.05) is 29.8 Å². The van der Waals surface area contributed by atoms with Gasteiger partial charge in [0.15, 0.2) is 5.96 Å². The largest absolute Gasteiger partial charge is 0.356 e. The van der Waals surface area contributed by atoms with Gasteiger partial charge in [-0.3, -0.25) is 4.99 Å². The quantitative estimate of drug-likeness (QED) is 0.503. The molecule has 2 N–H and O–H groups in total. The number of rotatable bonds is 5. The van der Waals surface area contributed by atoms with Crippen LogP contribution in [0.1, 0.15) is 16.7 Å². The molecule has 0 bridgehead atoms. The lowest BCUT2D eigenvalue weighted by Crippen LogP contribution is -2.37. The van der Waals surface area contributed by atoms with Crippen LogP contribution in [0.25, 0.3) is 0 Å². The molecule has 1 heterocycles. The first-order valence-corrected chi connectivity index (χ1v) is 7.63. The standard InChI is InChI=1S/C17H18ClN5/c1-20-17(21-9-8-15-6-7-16(18)22-11-15)23-12-14-4-2-13(10-19)3-5-14/h2-7,11H,8-9,12H2,1H3,(H2,20,21,23). The van der Waals surface area contributed by atoms with E-state index in [-0.39, 0.29) is 0 Å². The summed E-state index contributed by atoms with van der Waals surface area (Å²) in [4.78, 5) is 8.24. The summed E-state index contributed by atoms with van der Waals surface area (Å²) in [5.41, 5.74) is 2.87. The molecule has 6 heteroatoms. The van der Waals surface area contributed by atoms with Crippen LogP contribution >= 0.6 is 11.6 Å². The fourth-order valence-electron chi connectivity index (χ4n) is 1.98. The van der Waals surface area contributed by atoms with E-state index >= 15 is 0 Å². The van der Waals surface area contributed by atoms with Crippen LogP contribution in [0.4, 0.5) is 0 Å². The highest BCUT2D eigenvalue weighted by Crippen LogP contribution is 2.05. The van der Waals surface area contributed by atoms with Crippen LogP contribution in [0.2, 0.25) is 5.15 Å². The highest BCUT2D eigenvalue weighted by Gasteiger charge is 2.00. The summed E-state index contributed by atoms with van der Waals surface area (Å²) < 4.78 is 0. The number of nitriles is 1. The van der Waals surface area contributed by atoms with Crippen molar-refractivity contribution in [2.75, 3.05) is 13.6 Å². The summed E-state index contributed by atoms with van der Waals surface area (Å²) >= 11 is 5.76. The highest BCUT2D eigenvalue weighted by atomic mass is 35.5. The lowest BCUT2D eigenvalue weighted by molar-refractivity contribution is 0.793. The van der Waals surface area contributed by atoms with Gasteiger partial charge < -0.3 is 10.6 Å². The third-order valence-corrected chi connectivity index (χ3v) is 3.48. The molecular weight excluding hydrogens is 310 g/mol. The van der Waals surface area contributed by atoms with Crippen LogP contribution in [-0.4, -0.2) is 24.5 Å². The zero-order valence-electron chi connectivity index (χ0n) is 12.9. The first-order chi connectivity index (χ1) is 11.2. The minimum absolute atomic E-state index is 0.501. The van der Waals surface area contributed by atoms with E-state index in [2.05, 4.69) is 26.7 Å².